The average molecular weight is 548 g/mol. The van der Waals surface area contributed by atoms with Gasteiger partial charge in [0.2, 0.25) is 0 Å². The van der Waals surface area contributed by atoms with Gasteiger partial charge < -0.3 is 30.8 Å². The number of aliphatic carboxylic acids is 1. The monoisotopic (exact) mass is 548 g/mol. The van der Waals surface area contributed by atoms with Gasteiger partial charge in [-0.2, -0.15) is 17.6 Å². The summed E-state index contributed by atoms with van der Waals surface area (Å²) in [4.78, 5) is 24.3. The molecule has 0 aliphatic rings. The molecule has 39 heavy (non-hydrogen) atoms. The molecule has 0 aromatic heterocycles. The number of carboxylic acid groups (broad SMARTS) is 1. The van der Waals surface area contributed by atoms with Gasteiger partial charge in [0.05, 0.1) is 12.7 Å². The topological polar surface area (TPSA) is 134 Å². The molecule has 5 N–H and O–H groups in total. The second kappa shape index (κ2) is 12.2. The summed E-state index contributed by atoms with van der Waals surface area (Å²) in [7, 11) is 1.32. The van der Waals surface area contributed by atoms with Crippen LogP contribution in [0.3, 0.4) is 0 Å². The van der Waals surface area contributed by atoms with Crippen LogP contribution >= 0.6 is 0 Å². The summed E-state index contributed by atoms with van der Waals surface area (Å²) in [5, 5.41) is 9.65. The number of rotatable bonds is 11. The number of nitrogen functional groups attached to an aromatic ring is 2. The van der Waals surface area contributed by atoms with Crippen molar-refractivity contribution in [3.63, 3.8) is 0 Å². The third-order valence-corrected chi connectivity index (χ3v) is 5.44. The molecular formula is C27H24F4N2O6. The summed E-state index contributed by atoms with van der Waals surface area (Å²) in [6.45, 7) is 0. The fraction of sp³-hybridized carbons (Fsp3) is 0.185. The van der Waals surface area contributed by atoms with Gasteiger partial charge in [0.1, 0.15) is 5.75 Å². The maximum atomic E-state index is 13.0. The lowest BCUT2D eigenvalue weighted by atomic mass is 10.0. The van der Waals surface area contributed by atoms with Crippen LogP contribution < -0.4 is 25.7 Å². The van der Waals surface area contributed by atoms with Crippen molar-refractivity contribution in [1.29, 1.82) is 0 Å². The first-order valence-corrected chi connectivity index (χ1v) is 11.3. The highest BCUT2D eigenvalue weighted by Crippen LogP contribution is 2.31. The first-order valence-electron chi connectivity index (χ1n) is 11.3. The molecule has 8 nitrogen and oxygen atoms in total. The van der Waals surface area contributed by atoms with Gasteiger partial charge >= 0.3 is 24.5 Å². The van der Waals surface area contributed by atoms with Crippen molar-refractivity contribution in [2.24, 2.45) is 0 Å². The van der Waals surface area contributed by atoms with Crippen LogP contribution in [0.4, 0.5) is 28.9 Å². The van der Waals surface area contributed by atoms with Crippen LogP contribution in [0.25, 0.3) is 6.08 Å². The Kier molecular flexibility index (Phi) is 9.02. The van der Waals surface area contributed by atoms with Gasteiger partial charge in [-0.25, -0.2) is 9.59 Å². The third-order valence-electron chi connectivity index (χ3n) is 5.44. The number of hydrogen-bond acceptors (Lipinski definition) is 7. The molecule has 3 rings (SSSR count). The Hall–Kier alpha value is -4.74. The zero-order valence-electron chi connectivity index (χ0n) is 20.5. The fourth-order valence-corrected chi connectivity index (χ4v) is 3.43. The molecule has 3 aromatic carbocycles. The van der Waals surface area contributed by atoms with Gasteiger partial charge in [0, 0.05) is 16.9 Å². The Balaban J connectivity index is 1.73. The van der Waals surface area contributed by atoms with E-state index in [1.54, 1.807) is 18.2 Å². The largest absolute Gasteiger partial charge is 0.493 e. The number of carboxylic acids is 1. The highest BCUT2D eigenvalue weighted by molar-refractivity contribution is 5.93. The quantitative estimate of drug-likeness (QED) is 0.0952. The predicted octanol–water partition coefficient (Wildman–Crippen LogP) is 5.42. The van der Waals surface area contributed by atoms with Gasteiger partial charge in [0.25, 0.3) is 0 Å². The number of nitrogens with two attached hydrogens (primary N) is 2. The molecule has 0 saturated heterocycles. The van der Waals surface area contributed by atoms with Crippen LogP contribution in [0.15, 0.2) is 66.2 Å². The van der Waals surface area contributed by atoms with Crippen LogP contribution in [0.1, 0.15) is 27.9 Å². The molecule has 12 heteroatoms. The SMILES string of the molecule is COc1cc(/C=C(\CCc2ccc(N)cc2N)C(=O)O)ccc1OC(=O)c1ccc(OC(F)(F)C(F)F)cc1. The maximum Gasteiger partial charge on any atom is 0.461 e. The summed E-state index contributed by atoms with van der Waals surface area (Å²) in [5.74, 6) is -2.48. The minimum atomic E-state index is -4.68. The highest BCUT2D eigenvalue weighted by atomic mass is 19.3. The van der Waals surface area contributed by atoms with E-state index >= 15 is 0 Å². The Morgan fingerprint density at radius 2 is 1.69 bits per heavy atom. The summed E-state index contributed by atoms with van der Waals surface area (Å²) in [6.07, 6.45) is -6.74. The molecule has 206 valence electrons. The van der Waals surface area contributed by atoms with Crippen LogP contribution in [0.5, 0.6) is 17.2 Å². The molecule has 0 aliphatic carbocycles. The lowest BCUT2D eigenvalue weighted by Gasteiger charge is -2.16. The molecule has 0 saturated carbocycles. The molecule has 3 aromatic rings. The number of alkyl halides is 4. The fourth-order valence-electron chi connectivity index (χ4n) is 3.43. The van der Waals surface area contributed by atoms with Crippen molar-refractivity contribution in [2.75, 3.05) is 18.6 Å². The van der Waals surface area contributed by atoms with Crippen molar-refractivity contribution in [2.45, 2.75) is 25.4 Å². The summed E-state index contributed by atoms with van der Waals surface area (Å²) < 4.78 is 65.2. The number of halogens is 4. The van der Waals surface area contributed by atoms with Crippen molar-refractivity contribution >= 4 is 29.4 Å². The second-order valence-electron chi connectivity index (χ2n) is 8.22. The van der Waals surface area contributed by atoms with Crippen molar-refractivity contribution in [3.8, 4) is 17.2 Å². The molecule has 0 fully saturated rings. The Morgan fingerprint density at radius 3 is 2.28 bits per heavy atom. The number of anilines is 2. The number of carbonyl (C=O) groups excluding carboxylic acids is 1. The minimum Gasteiger partial charge on any atom is -0.493 e. The lowest BCUT2D eigenvalue weighted by Crippen LogP contribution is -2.33. The van der Waals surface area contributed by atoms with Crippen LogP contribution in [0.2, 0.25) is 0 Å². The standard InChI is InChI=1S/C27H24F4N2O6/c1-37-23-13-15(12-18(24(34)35)4-3-16-5-8-19(32)14-21(16)33)2-11-22(23)38-25(36)17-6-9-20(10-7-17)39-27(30,31)26(28)29/h2,5-14,26H,3-4,32-33H2,1H3,(H,34,35)/b18-12+. The van der Waals surface area contributed by atoms with E-state index in [4.69, 9.17) is 20.9 Å². The zero-order valence-corrected chi connectivity index (χ0v) is 20.5. The van der Waals surface area contributed by atoms with Gasteiger partial charge in [-0.3, -0.25) is 0 Å². The molecule has 0 radical (unpaired) electrons. The number of ether oxygens (including phenoxy) is 3. The van der Waals surface area contributed by atoms with E-state index in [1.807, 2.05) is 0 Å². The van der Waals surface area contributed by atoms with Crippen molar-refractivity contribution in [3.05, 3.63) is 82.9 Å². The van der Waals surface area contributed by atoms with Crippen molar-refractivity contribution < 1.29 is 46.5 Å². The van der Waals surface area contributed by atoms with E-state index in [0.717, 1.165) is 29.8 Å². The lowest BCUT2D eigenvalue weighted by molar-refractivity contribution is -0.253. The van der Waals surface area contributed by atoms with Gasteiger partial charge in [0.15, 0.2) is 11.5 Å². The van der Waals surface area contributed by atoms with Crippen LogP contribution in [-0.4, -0.2) is 36.7 Å². The van der Waals surface area contributed by atoms with E-state index in [2.05, 4.69) is 4.74 Å². The first kappa shape index (κ1) is 28.8. The summed E-state index contributed by atoms with van der Waals surface area (Å²) in [5.41, 5.74) is 13.8. The smallest absolute Gasteiger partial charge is 0.461 e. The minimum absolute atomic E-state index is 0.00395. The third kappa shape index (κ3) is 7.63. The number of benzene rings is 3. The summed E-state index contributed by atoms with van der Waals surface area (Å²) >= 11 is 0. The highest BCUT2D eigenvalue weighted by Gasteiger charge is 2.43. The van der Waals surface area contributed by atoms with E-state index in [9.17, 15) is 32.3 Å². The Morgan fingerprint density at radius 1 is 1.00 bits per heavy atom. The zero-order chi connectivity index (χ0) is 28.7. The van der Waals surface area contributed by atoms with Gasteiger partial charge in [-0.1, -0.05) is 12.1 Å². The number of esters is 1. The molecule has 0 unspecified atom stereocenters. The molecule has 0 aliphatic heterocycles. The number of carbonyl (C=O) groups is 2. The van der Waals surface area contributed by atoms with E-state index in [0.29, 0.717) is 23.4 Å². The Labute approximate surface area is 220 Å². The molecule has 0 bridgehead atoms. The van der Waals surface area contributed by atoms with E-state index in [1.165, 1.54) is 31.4 Å². The molecular weight excluding hydrogens is 524 g/mol. The number of hydrogen-bond donors (Lipinski definition) is 3. The van der Waals surface area contributed by atoms with E-state index < -0.39 is 30.2 Å². The van der Waals surface area contributed by atoms with Crippen molar-refractivity contribution in [1.82, 2.24) is 0 Å². The Bertz CT molecular complexity index is 1380. The van der Waals surface area contributed by atoms with Gasteiger partial charge in [-0.15, -0.1) is 0 Å². The average Bonchev–Trinajstić information content (AvgIpc) is 2.88. The maximum absolute atomic E-state index is 13.0. The second-order valence-corrected chi connectivity index (χ2v) is 8.22. The summed E-state index contributed by atoms with van der Waals surface area (Å²) in [6, 6.07) is 13.3. The number of methoxy groups -OCH3 is 1. The number of aryl methyl sites for hydroxylation is 1. The normalized spacial score (nSPS) is 11.8. The predicted molar refractivity (Wildman–Crippen MR) is 135 cm³/mol. The van der Waals surface area contributed by atoms with Crippen LogP contribution in [-0.2, 0) is 11.2 Å². The first-order chi connectivity index (χ1) is 18.4. The molecule has 0 atom stereocenters. The molecule has 0 heterocycles. The van der Waals surface area contributed by atoms with E-state index in [-0.39, 0.29) is 29.1 Å². The molecule has 0 amide bonds. The molecule has 0 spiro atoms. The van der Waals surface area contributed by atoms with Crippen LogP contribution in [0, 0.1) is 0 Å². The van der Waals surface area contributed by atoms with Gasteiger partial charge in [-0.05, 0) is 78.6 Å².